The van der Waals surface area contributed by atoms with Crippen molar-refractivity contribution in [3.63, 3.8) is 0 Å². The molecule has 0 spiro atoms. The van der Waals surface area contributed by atoms with Crippen molar-refractivity contribution < 1.29 is 9.53 Å². The summed E-state index contributed by atoms with van der Waals surface area (Å²) in [4.78, 5) is 18.4. The first-order valence-corrected chi connectivity index (χ1v) is 8.31. The zero-order chi connectivity index (χ0) is 16.9. The molecule has 1 atom stereocenters. The van der Waals surface area contributed by atoms with Crippen LogP contribution in [0.5, 0.6) is 5.75 Å². The van der Waals surface area contributed by atoms with Gasteiger partial charge in [0.05, 0.1) is 6.04 Å². The van der Waals surface area contributed by atoms with E-state index in [0.29, 0.717) is 6.61 Å². The van der Waals surface area contributed by atoms with Crippen LogP contribution in [0.3, 0.4) is 0 Å². The third-order valence-corrected chi connectivity index (χ3v) is 4.51. The van der Waals surface area contributed by atoms with E-state index in [1.807, 2.05) is 29.9 Å². The van der Waals surface area contributed by atoms with Gasteiger partial charge in [0.2, 0.25) is 5.91 Å². The molecule has 0 unspecified atom stereocenters. The molecule has 2 heterocycles. The maximum absolute atomic E-state index is 11.9. The first-order valence-electron chi connectivity index (χ1n) is 8.31. The Morgan fingerprint density at radius 2 is 2.17 bits per heavy atom. The number of likely N-dealkylation sites (tertiary alicyclic amines) is 1. The number of hydrogen-bond donors (Lipinski definition) is 1. The van der Waals surface area contributed by atoms with E-state index in [1.54, 1.807) is 13.2 Å². The summed E-state index contributed by atoms with van der Waals surface area (Å²) >= 11 is 0. The summed E-state index contributed by atoms with van der Waals surface area (Å²) < 4.78 is 7.72. The Kier molecular flexibility index (Phi) is 5.15. The first-order chi connectivity index (χ1) is 11.7. The Morgan fingerprint density at radius 1 is 1.38 bits per heavy atom. The van der Waals surface area contributed by atoms with E-state index >= 15 is 0 Å². The maximum Gasteiger partial charge on any atom is 0.237 e. The average Bonchev–Trinajstić information content (AvgIpc) is 3.22. The van der Waals surface area contributed by atoms with Gasteiger partial charge in [-0.1, -0.05) is 12.1 Å². The highest BCUT2D eigenvalue weighted by atomic mass is 16.5. The Morgan fingerprint density at radius 3 is 2.83 bits per heavy atom. The largest absolute Gasteiger partial charge is 0.486 e. The normalized spacial score (nSPS) is 17.8. The van der Waals surface area contributed by atoms with Crippen LogP contribution in [0.4, 0.5) is 0 Å². The summed E-state index contributed by atoms with van der Waals surface area (Å²) in [6.45, 7) is 2.21. The quantitative estimate of drug-likeness (QED) is 0.877. The van der Waals surface area contributed by atoms with E-state index in [1.165, 1.54) is 5.56 Å². The van der Waals surface area contributed by atoms with Gasteiger partial charge in [-0.05, 0) is 37.1 Å². The van der Waals surface area contributed by atoms with E-state index in [9.17, 15) is 4.79 Å². The Hall–Kier alpha value is -2.34. The summed E-state index contributed by atoms with van der Waals surface area (Å²) in [5.74, 6) is 1.83. The fraction of sp³-hybridized carbons (Fsp3) is 0.444. The molecule has 0 saturated carbocycles. The number of nitrogens with one attached hydrogen (secondary N) is 1. The second-order valence-corrected chi connectivity index (χ2v) is 6.13. The van der Waals surface area contributed by atoms with Gasteiger partial charge in [-0.2, -0.15) is 0 Å². The molecule has 1 saturated heterocycles. The Bertz CT molecular complexity index is 681. The Balaban J connectivity index is 1.56. The number of benzene rings is 1. The van der Waals surface area contributed by atoms with Crippen LogP contribution in [0.2, 0.25) is 0 Å². The van der Waals surface area contributed by atoms with Gasteiger partial charge in [0.15, 0.2) is 0 Å². The predicted molar refractivity (Wildman–Crippen MR) is 91.5 cm³/mol. The van der Waals surface area contributed by atoms with Gasteiger partial charge in [-0.15, -0.1) is 0 Å². The van der Waals surface area contributed by atoms with Gasteiger partial charge in [0.1, 0.15) is 18.2 Å². The molecule has 2 aromatic rings. The molecule has 0 bridgehead atoms. The molecule has 1 fully saturated rings. The summed E-state index contributed by atoms with van der Waals surface area (Å²) in [5, 5.41) is 2.76. The summed E-state index contributed by atoms with van der Waals surface area (Å²) in [7, 11) is 3.65. The minimum Gasteiger partial charge on any atom is -0.486 e. The van der Waals surface area contributed by atoms with Crippen molar-refractivity contribution in [3.05, 3.63) is 48.0 Å². The number of carbonyl (C=O) groups excluding carboxylic acids is 1. The summed E-state index contributed by atoms with van der Waals surface area (Å²) in [5.41, 5.74) is 1.19. The topological polar surface area (TPSA) is 59.4 Å². The van der Waals surface area contributed by atoms with Crippen LogP contribution in [0.15, 0.2) is 36.7 Å². The van der Waals surface area contributed by atoms with Crippen molar-refractivity contribution in [2.45, 2.75) is 32.0 Å². The van der Waals surface area contributed by atoms with Crippen LogP contribution in [0.25, 0.3) is 0 Å². The van der Waals surface area contributed by atoms with Crippen LogP contribution in [0.1, 0.15) is 24.2 Å². The van der Waals surface area contributed by atoms with Gasteiger partial charge in [-0.25, -0.2) is 4.98 Å². The number of aryl methyl sites for hydroxylation is 1. The lowest BCUT2D eigenvalue weighted by Gasteiger charge is -2.23. The predicted octanol–water partition coefficient (Wildman–Crippen LogP) is 1.71. The molecular weight excluding hydrogens is 304 g/mol. The first kappa shape index (κ1) is 16.5. The van der Waals surface area contributed by atoms with Gasteiger partial charge in [0.25, 0.3) is 0 Å². The molecule has 6 heteroatoms. The smallest absolute Gasteiger partial charge is 0.237 e. The molecule has 1 aliphatic rings. The van der Waals surface area contributed by atoms with Crippen LogP contribution in [-0.4, -0.2) is 40.0 Å². The lowest BCUT2D eigenvalue weighted by Crippen LogP contribution is -2.41. The van der Waals surface area contributed by atoms with Gasteiger partial charge in [-0.3, -0.25) is 9.69 Å². The summed E-state index contributed by atoms with van der Waals surface area (Å²) in [6.07, 6.45) is 5.68. The zero-order valence-electron chi connectivity index (χ0n) is 14.2. The molecule has 1 N–H and O–H groups in total. The number of nitrogens with zero attached hydrogens (tertiary/aromatic N) is 3. The molecule has 6 nitrogen and oxygen atoms in total. The van der Waals surface area contributed by atoms with Crippen LogP contribution in [0, 0.1) is 0 Å². The van der Waals surface area contributed by atoms with Crippen LogP contribution < -0.4 is 10.1 Å². The van der Waals surface area contributed by atoms with Crippen molar-refractivity contribution in [2.75, 3.05) is 13.6 Å². The lowest BCUT2D eigenvalue weighted by atomic mass is 10.1. The summed E-state index contributed by atoms with van der Waals surface area (Å²) in [6, 6.07) is 8.07. The van der Waals surface area contributed by atoms with E-state index in [2.05, 4.69) is 27.3 Å². The SMILES string of the molecule is CNC(=O)[C@H]1CCCN1Cc1ccc(OCc2nccn2C)cc1. The minimum atomic E-state index is -0.00524. The molecule has 1 aromatic heterocycles. The van der Waals surface area contributed by atoms with Crippen LogP contribution in [-0.2, 0) is 25.0 Å². The molecule has 0 radical (unpaired) electrons. The van der Waals surface area contributed by atoms with E-state index in [-0.39, 0.29) is 11.9 Å². The second kappa shape index (κ2) is 7.49. The lowest BCUT2D eigenvalue weighted by molar-refractivity contribution is -0.125. The van der Waals surface area contributed by atoms with E-state index in [0.717, 1.165) is 37.5 Å². The number of imidazole rings is 1. The molecule has 0 aliphatic carbocycles. The number of aromatic nitrogens is 2. The molecule has 1 aromatic carbocycles. The highest BCUT2D eigenvalue weighted by molar-refractivity contribution is 5.81. The highest BCUT2D eigenvalue weighted by Crippen LogP contribution is 2.21. The number of amides is 1. The zero-order valence-corrected chi connectivity index (χ0v) is 14.2. The number of carbonyl (C=O) groups is 1. The molecular formula is C18H24N4O2. The standard InChI is InChI=1S/C18H24N4O2/c1-19-18(23)16-4-3-10-22(16)12-14-5-7-15(8-6-14)24-13-17-20-9-11-21(17)2/h5-9,11,16H,3-4,10,12-13H2,1-2H3,(H,19,23)/t16-/m1/s1. The second-order valence-electron chi connectivity index (χ2n) is 6.13. The van der Waals surface area contributed by atoms with Crippen molar-refractivity contribution in [1.29, 1.82) is 0 Å². The van der Waals surface area contributed by atoms with Crippen molar-refractivity contribution in [3.8, 4) is 5.75 Å². The van der Waals surface area contributed by atoms with Crippen LogP contribution >= 0.6 is 0 Å². The molecule has 1 amide bonds. The maximum atomic E-state index is 11.9. The number of rotatable bonds is 6. The third kappa shape index (κ3) is 3.76. The number of ether oxygens (including phenoxy) is 1. The van der Waals surface area contributed by atoms with Crippen molar-refractivity contribution in [2.24, 2.45) is 7.05 Å². The highest BCUT2D eigenvalue weighted by Gasteiger charge is 2.29. The van der Waals surface area contributed by atoms with E-state index in [4.69, 9.17) is 4.74 Å². The Labute approximate surface area is 142 Å². The molecule has 1 aliphatic heterocycles. The third-order valence-electron chi connectivity index (χ3n) is 4.51. The fourth-order valence-corrected chi connectivity index (χ4v) is 3.09. The van der Waals surface area contributed by atoms with E-state index < -0.39 is 0 Å². The van der Waals surface area contributed by atoms with Crippen molar-refractivity contribution in [1.82, 2.24) is 19.8 Å². The monoisotopic (exact) mass is 328 g/mol. The van der Waals surface area contributed by atoms with Gasteiger partial charge in [0, 0.05) is 33.0 Å². The van der Waals surface area contributed by atoms with Gasteiger partial charge < -0.3 is 14.6 Å². The van der Waals surface area contributed by atoms with Gasteiger partial charge >= 0.3 is 0 Å². The molecule has 3 rings (SSSR count). The molecule has 128 valence electrons. The van der Waals surface area contributed by atoms with Crippen molar-refractivity contribution >= 4 is 5.91 Å². The number of hydrogen-bond acceptors (Lipinski definition) is 4. The minimum absolute atomic E-state index is 0.00524. The molecule has 24 heavy (non-hydrogen) atoms. The number of likely N-dealkylation sites (N-methyl/N-ethyl adjacent to an activating group) is 1. The fourth-order valence-electron chi connectivity index (χ4n) is 3.09. The average molecular weight is 328 g/mol.